The van der Waals surface area contributed by atoms with Gasteiger partial charge in [-0.25, -0.2) is 4.99 Å². The first-order valence-electron chi connectivity index (χ1n) is 16.5. The maximum Gasteiger partial charge on any atom is 0.422 e. The van der Waals surface area contributed by atoms with Crippen LogP contribution in [0.3, 0.4) is 0 Å². The quantitative estimate of drug-likeness (QED) is 0.149. The van der Waals surface area contributed by atoms with Crippen LogP contribution in [-0.2, 0) is 9.47 Å². The lowest BCUT2D eigenvalue weighted by Gasteiger charge is -2.40. The molecule has 2 aliphatic heterocycles. The summed E-state index contributed by atoms with van der Waals surface area (Å²) in [4.78, 5) is 13.2. The van der Waals surface area contributed by atoms with Gasteiger partial charge in [0.05, 0.1) is 49.5 Å². The van der Waals surface area contributed by atoms with Gasteiger partial charge in [-0.3, -0.25) is 9.98 Å². The first-order valence-corrected chi connectivity index (χ1v) is 16.5. The lowest BCUT2D eigenvalue weighted by Crippen LogP contribution is -2.41. The van der Waals surface area contributed by atoms with E-state index in [9.17, 15) is 18.4 Å². The highest BCUT2D eigenvalue weighted by Gasteiger charge is 2.50. The van der Waals surface area contributed by atoms with Gasteiger partial charge in [-0.15, -0.1) is 0 Å². The van der Waals surface area contributed by atoms with Crippen LogP contribution in [0.5, 0.6) is 5.75 Å². The SMILES string of the molecule is C[C@@H](CN=CN)Oc1cc(C2=CNC(N/C(C=NC3CCC(C4CC5(CCO5)C[C@@H]4C)CC3)=C(/N)OCC(F)(F)F)=NC2)ccc1C#N. The third kappa shape index (κ3) is 9.00. The molecule has 11 nitrogen and oxygen atoms in total. The van der Waals surface area contributed by atoms with Crippen LogP contribution in [0.1, 0.15) is 69.9 Å². The Morgan fingerprint density at radius 2 is 2.06 bits per heavy atom. The average molecular weight is 671 g/mol. The van der Waals surface area contributed by atoms with E-state index in [1.807, 2.05) is 6.92 Å². The van der Waals surface area contributed by atoms with Gasteiger partial charge in [0.1, 0.15) is 23.6 Å². The molecule has 4 aliphatic rings. The van der Waals surface area contributed by atoms with Crippen molar-refractivity contribution in [1.29, 1.82) is 5.26 Å². The number of ether oxygens (including phenoxy) is 3. The molecule has 1 spiro atoms. The molecule has 2 aliphatic carbocycles. The summed E-state index contributed by atoms with van der Waals surface area (Å²) < 4.78 is 55.6. The number of guanidine groups is 1. The number of aliphatic imine (C=N–C) groups is 3. The van der Waals surface area contributed by atoms with Crippen LogP contribution in [-0.4, -0.2) is 68.7 Å². The van der Waals surface area contributed by atoms with Crippen molar-refractivity contribution in [2.45, 2.75) is 82.7 Å². The van der Waals surface area contributed by atoms with E-state index in [1.54, 1.807) is 24.4 Å². The molecule has 1 aromatic rings. The number of benzene rings is 1. The van der Waals surface area contributed by atoms with Gasteiger partial charge in [-0.1, -0.05) is 13.0 Å². The van der Waals surface area contributed by atoms with Gasteiger partial charge < -0.3 is 36.3 Å². The van der Waals surface area contributed by atoms with E-state index in [-0.39, 0.29) is 35.9 Å². The van der Waals surface area contributed by atoms with Gasteiger partial charge >= 0.3 is 6.18 Å². The van der Waals surface area contributed by atoms with Crippen LogP contribution in [0.15, 0.2) is 51.0 Å². The summed E-state index contributed by atoms with van der Waals surface area (Å²) in [6.45, 7) is 4.08. The Bertz CT molecular complexity index is 1490. The number of nitriles is 1. The molecule has 1 aromatic carbocycles. The van der Waals surface area contributed by atoms with E-state index in [4.69, 9.17) is 30.7 Å². The summed E-state index contributed by atoms with van der Waals surface area (Å²) in [6.07, 6.45) is 6.89. The lowest BCUT2D eigenvalue weighted by atomic mass is 9.74. The van der Waals surface area contributed by atoms with E-state index in [0.29, 0.717) is 35.6 Å². The second kappa shape index (κ2) is 15.3. The minimum atomic E-state index is -4.55. The fourth-order valence-corrected chi connectivity index (χ4v) is 7.21. The largest absolute Gasteiger partial charge is 0.487 e. The summed E-state index contributed by atoms with van der Waals surface area (Å²) >= 11 is 0. The third-order valence-corrected chi connectivity index (χ3v) is 9.73. The van der Waals surface area contributed by atoms with Crippen molar-refractivity contribution < 1.29 is 27.4 Å². The van der Waals surface area contributed by atoms with Crippen LogP contribution in [0.2, 0.25) is 0 Å². The summed E-state index contributed by atoms with van der Waals surface area (Å²) in [5, 5.41) is 15.5. The minimum Gasteiger partial charge on any atom is -0.487 e. The molecule has 3 fully saturated rings. The zero-order valence-corrected chi connectivity index (χ0v) is 27.4. The minimum absolute atomic E-state index is 0.0319. The van der Waals surface area contributed by atoms with Gasteiger partial charge in [0.25, 0.3) is 0 Å². The Kier molecular flexibility index (Phi) is 11.2. The van der Waals surface area contributed by atoms with Crippen molar-refractivity contribution in [3.63, 3.8) is 0 Å². The molecule has 4 atom stereocenters. The molecule has 2 saturated carbocycles. The van der Waals surface area contributed by atoms with E-state index in [1.165, 1.54) is 19.0 Å². The number of halogens is 3. The van der Waals surface area contributed by atoms with Gasteiger partial charge in [-0.2, -0.15) is 18.4 Å². The molecule has 2 heterocycles. The van der Waals surface area contributed by atoms with Crippen LogP contribution in [0.4, 0.5) is 13.2 Å². The number of nitrogens with zero attached hydrogens (tertiary/aromatic N) is 4. The monoisotopic (exact) mass is 670 g/mol. The molecule has 0 bridgehead atoms. The lowest BCUT2D eigenvalue weighted by molar-refractivity contribution is -0.165. The molecule has 1 saturated heterocycles. The molecular weight excluding hydrogens is 625 g/mol. The fraction of sp³-hybridized carbons (Fsp3) is 0.588. The summed E-state index contributed by atoms with van der Waals surface area (Å²) in [7, 11) is 0. The van der Waals surface area contributed by atoms with Gasteiger partial charge in [0.2, 0.25) is 5.88 Å². The van der Waals surface area contributed by atoms with Crippen molar-refractivity contribution in [1.82, 2.24) is 10.6 Å². The molecule has 5 rings (SSSR count). The van der Waals surface area contributed by atoms with Crippen LogP contribution < -0.4 is 26.8 Å². The van der Waals surface area contributed by atoms with Crippen molar-refractivity contribution >= 4 is 24.1 Å². The van der Waals surface area contributed by atoms with Crippen molar-refractivity contribution in [2.24, 2.45) is 44.2 Å². The molecule has 48 heavy (non-hydrogen) atoms. The standard InChI is InChI=1S/C34H45F3N8O3/c1-21-12-33(9-10-47-33)13-28(21)23-5-7-27(8-6-23)42-18-29(31(40)46-19-34(35,36)37)45-32-43-16-26(17-44-32)24-3-4-25(14-38)30(11-24)48-22(2)15-41-20-39/h3-4,11,16,18,20-23,27-28H,5-10,12-13,15,17,19,40H2,1-2H3,(H2,39,41)(H2,43,44,45)/b31-29-,42-18?/t21-,22-,23?,27?,28?,33?/m0/s1. The van der Waals surface area contributed by atoms with E-state index in [0.717, 1.165) is 56.3 Å². The predicted octanol–water partition coefficient (Wildman–Crippen LogP) is 4.74. The molecule has 14 heteroatoms. The third-order valence-electron chi connectivity index (χ3n) is 9.73. The Morgan fingerprint density at radius 1 is 1.29 bits per heavy atom. The predicted molar refractivity (Wildman–Crippen MR) is 178 cm³/mol. The number of nitrogens with two attached hydrogens (primary N) is 2. The van der Waals surface area contributed by atoms with Crippen molar-refractivity contribution in [2.75, 3.05) is 26.3 Å². The Hall–Kier alpha value is -4.25. The molecule has 0 amide bonds. The zero-order chi connectivity index (χ0) is 34.3. The van der Waals surface area contributed by atoms with Gasteiger partial charge in [0.15, 0.2) is 12.6 Å². The topological polar surface area (TPSA) is 165 Å². The highest BCUT2D eigenvalue weighted by molar-refractivity contribution is 5.93. The van der Waals surface area contributed by atoms with E-state index in [2.05, 4.69) is 33.6 Å². The van der Waals surface area contributed by atoms with Crippen LogP contribution >= 0.6 is 0 Å². The fourth-order valence-electron chi connectivity index (χ4n) is 7.21. The number of hydrogen-bond donors (Lipinski definition) is 4. The Labute approximate surface area is 279 Å². The van der Waals surface area contributed by atoms with Crippen molar-refractivity contribution in [3.05, 3.63) is 47.1 Å². The number of allylic oxidation sites excluding steroid dienone is 1. The van der Waals surface area contributed by atoms with Gasteiger partial charge in [-0.05, 0) is 92.9 Å². The Balaban J connectivity index is 1.21. The molecule has 0 aromatic heterocycles. The normalized spacial score (nSPS) is 28.6. The summed E-state index contributed by atoms with van der Waals surface area (Å²) in [5.74, 6) is 2.19. The molecule has 0 radical (unpaired) electrons. The summed E-state index contributed by atoms with van der Waals surface area (Å²) in [6, 6.07) is 7.37. The number of alkyl halides is 3. The molecule has 6 N–H and O–H groups in total. The maximum absolute atomic E-state index is 12.9. The number of hydrogen-bond acceptors (Lipinski definition) is 10. The smallest absolute Gasteiger partial charge is 0.422 e. The number of rotatable bonds is 11. The zero-order valence-electron chi connectivity index (χ0n) is 27.4. The average Bonchev–Trinajstić information content (AvgIpc) is 3.43. The van der Waals surface area contributed by atoms with Crippen molar-refractivity contribution in [3.8, 4) is 11.8 Å². The first-order chi connectivity index (χ1) is 23.0. The molecule has 2 unspecified atom stereocenters. The van der Waals surface area contributed by atoms with Crippen LogP contribution in [0.25, 0.3) is 5.57 Å². The second-order valence-electron chi connectivity index (χ2n) is 13.2. The number of nitrogens with one attached hydrogen (secondary N) is 2. The second-order valence-corrected chi connectivity index (χ2v) is 13.2. The first kappa shape index (κ1) is 35.1. The Morgan fingerprint density at radius 3 is 2.67 bits per heavy atom. The molecule has 260 valence electrons. The summed E-state index contributed by atoms with van der Waals surface area (Å²) in [5.41, 5.74) is 13.5. The van der Waals surface area contributed by atoms with E-state index >= 15 is 0 Å². The maximum atomic E-state index is 12.9. The van der Waals surface area contributed by atoms with Gasteiger partial charge in [0, 0.05) is 6.20 Å². The molecular formula is C34H45F3N8O3. The highest BCUT2D eigenvalue weighted by atomic mass is 19.4. The van der Waals surface area contributed by atoms with E-state index < -0.39 is 18.7 Å². The van der Waals surface area contributed by atoms with Crippen LogP contribution in [0, 0.1) is 29.1 Å². The highest BCUT2D eigenvalue weighted by Crippen LogP contribution is 2.52.